The van der Waals surface area contributed by atoms with Gasteiger partial charge in [-0.3, -0.25) is 4.79 Å². The van der Waals surface area contributed by atoms with Crippen molar-refractivity contribution in [1.82, 2.24) is 10.2 Å². The van der Waals surface area contributed by atoms with Crippen molar-refractivity contribution in [2.75, 3.05) is 40.4 Å². The van der Waals surface area contributed by atoms with Crippen molar-refractivity contribution in [3.05, 3.63) is 0 Å². The molecule has 0 saturated carbocycles. The van der Waals surface area contributed by atoms with E-state index < -0.39 is 0 Å². The molecule has 0 spiro atoms. The van der Waals surface area contributed by atoms with Gasteiger partial charge in [0.15, 0.2) is 0 Å². The lowest BCUT2D eigenvalue weighted by Crippen LogP contribution is -2.35. The molecule has 5 heteroatoms. The molecule has 0 aromatic carbocycles. The standard InChI is InChI=1S/C12H24N2O2.ClH/c1-13-7-3-6-12(15)14(2)9-11-5-4-8-16-10-11;/h11,13H,3-10H2,1-2H3;1H. The van der Waals surface area contributed by atoms with E-state index in [9.17, 15) is 4.79 Å². The van der Waals surface area contributed by atoms with E-state index in [1.807, 2.05) is 19.0 Å². The van der Waals surface area contributed by atoms with E-state index in [1.165, 1.54) is 6.42 Å². The van der Waals surface area contributed by atoms with Gasteiger partial charge in [-0.05, 0) is 38.8 Å². The monoisotopic (exact) mass is 264 g/mol. The number of carbonyl (C=O) groups excluding carboxylic acids is 1. The van der Waals surface area contributed by atoms with Crippen LogP contribution in [0.5, 0.6) is 0 Å². The smallest absolute Gasteiger partial charge is 0.222 e. The fourth-order valence-corrected chi connectivity index (χ4v) is 2.05. The van der Waals surface area contributed by atoms with E-state index in [1.54, 1.807) is 0 Å². The first kappa shape index (κ1) is 16.7. The zero-order valence-electron chi connectivity index (χ0n) is 10.9. The summed E-state index contributed by atoms with van der Waals surface area (Å²) in [4.78, 5) is 13.6. The minimum Gasteiger partial charge on any atom is -0.381 e. The first-order valence-electron chi connectivity index (χ1n) is 6.20. The van der Waals surface area contributed by atoms with E-state index in [-0.39, 0.29) is 18.3 Å². The molecule has 1 unspecified atom stereocenters. The number of hydrogen-bond donors (Lipinski definition) is 1. The molecule has 0 aromatic rings. The Morgan fingerprint density at radius 1 is 1.53 bits per heavy atom. The largest absolute Gasteiger partial charge is 0.381 e. The van der Waals surface area contributed by atoms with Gasteiger partial charge in [-0.1, -0.05) is 0 Å². The van der Waals surface area contributed by atoms with Crippen LogP contribution in [0.2, 0.25) is 0 Å². The number of nitrogens with one attached hydrogen (secondary N) is 1. The van der Waals surface area contributed by atoms with Crippen LogP contribution in [0.15, 0.2) is 0 Å². The summed E-state index contributed by atoms with van der Waals surface area (Å²) >= 11 is 0. The van der Waals surface area contributed by atoms with E-state index >= 15 is 0 Å². The summed E-state index contributed by atoms with van der Waals surface area (Å²) in [6.45, 7) is 3.45. The molecule has 1 rings (SSSR count). The number of carbonyl (C=O) groups is 1. The molecule has 0 bridgehead atoms. The Labute approximate surface area is 110 Å². The third-order valence-corrected chi connectivity index (χ3v) is 3.03. The topological polar surface area (TPSA) is 41.6 Å². The molecule has 0 aliphatic carbocycles. The van der Waals surface area contributed by atoms with E-state index in [0.29, 0.717) is 12.3 Å². The zero-order valence-corrected chi connectivity index (χ0v) is 11.7. The molecule has 4 nitrogen and oxygen atoms in total. The summed E-state index contributed by atoms with van der Waals surface area (Å²) in [6, 6.07) is 0. The molecule has 102 valence electrons. The SMILES string of the molecule is CNCCCC(=O)N(C)CC1CCCOC1.Cl. The van der Waals surface area contributed by atoms with E-state index in [4.69, 9.17) is 4.74 Å². The van der Waals surface area contributed by atoms with Crippen LogP contribution in [0.1, 0.15) is 25.7 Å². The van der Waals surface area contributed by atoms with Crippen LogP contribution in [0.25, 0.3) is 0 Å². The normalized spacial score (nSPS) is 19.5. The highest BCUT2D eigenvalue weighted by atomic mass is 35.5. The van der Waals surface area contributed by atoms with Crippen LogP contribution < -0.4 is 5.32 Å². The third-order valence-electron chi connectivity index (χ3n) is 3.03. The second-order valence-electron chi connectivity index (χ2n) is 4.56. The molecule has 1 heterocycles. The Hall–Kier alpha value is -0.320. The number of hydrogen-bond acceptors (Lipinski definition) is 3. The van der Waals surface area contributed by atoms with Gasteiger partial charge in [-0.25, -0.2) is 0 Å². The second-order valence-corrected chi connectivity index (χ2v) is 4.56. The average Bonchev–Trinajstić information content (AvgIpc) is 2.30. The Balaban J connectivity index is 0.00000256. The van der Waals surface area contributed by atoms with Crippen LogP contribution >= 0.6 is 12.4 Å². The molecule has 17 heavy (non-hydrogen) atoms. The van der Waals surface area contributed by atoms with Gasteiger partial charge in [-0.2, -0.15) is 0 Å². The summed E-state index contributed by atoms with van der Waals surface area (Å²) < 4.78 is 5.41. The summed E-state index contributed by atoms with van der Waals surface area (Å²) in [7, 11) is 3.81. The first-order chi connectivity index (χ1) is 7.74. The van der Waals surface area contributed by atoms with Crippen molar-refractivity contribution in [2.45, 2.75) is 25.7 Å². The van der Waals surface area contributed by atoms with Gasteiger partial charge in [0.1, 0.15) is 0 Å². The fraction of sp³-hybridized carbons (Fsp3) is 0.917. The summed E-state index contributed by atoms with van der Waals surface area (Å²) in [5.41, 5.74) is 0. The fourth-order valence-electron chi connectivity index (χ4n) is 2.05. The molecule has 0 aromatic heterocycles. The molecule has 1 aliphatic rings. The average molecular weight is 265 g/mol. The van der Waals surface area contributed by atoms with Crippen LogP contribution in [0.4, 0.5) is 0 Å². The third kappa shape index (κ3) is 6.86. The highest BCUT2D eigenvalue weighted by molar-refractivity contribution is 5.85. The van der Waals surface area contributed by atoms with Crippen LogP contribution in [0, 0.1) is 5.92 Å². The van der Waals surface area contributed by atoms with Gasteiger partial charge in [0.25, 0.3) is 0 Å². The molecule has 1 fully saturated rings. The number of amides is 1. The van der Waals surface area contributed by atoms with Gasteiger partial charge in [0.05, 0.1) is 6.61 Å². The zero-order chi connectivity index (χ0) is 11.8. The number of halogens is 1. The van der Waals surface area contributed by atoms with Crippen molar-refractivity contribution < 1.29 is 9.53 Å². The van der Waals surface area contributed by atoms with Gasteiger partial charge >= 0.3 is 0 Å². The van der Waals surface area contributed by atoms with Gasteiger partial charge in [0.2, 0.25) is 5.91 Å². The van der Waals surface area contributed by atoms with Crippen molar-refractivity contribution in [3.8, 4) is 0 Å². The second kappa shape index (κ2) is 9.68. The van der Waals surface area contributed by atoms with Gasteiger partial charge in [0, 0.05) is 26.6 Å². The lowest BCUT2D eigenvalue weighted by molar-refractivity contribution is -0.131. The lowest BCUT2D eigenvalue weighted by atomic mass is 10.0. The predicted molar refractivity (Wildman–Crippen MR) is 71.6 cm³/mol. The minimum atomic E-state index is 0. The molecule has 0 radical (unpaired) electrons. The number of ether oxygens (including phenoxy) is 1. The molecule has 1 amide bonds. The highest BCUT2D eigenvalue weighted by Crippen LogP contribution is 2.14. The van der Waals surface area contributed by atoms with Crippen LogP contribution in [-0.4, -0.2) is 51.2 Å². The number of nitrogens with zero attached hydrogens (tertiary/aromatic N) is 1. The Bertz CT molecular complexity index is 209. The van der Waals surface area contributed by atoms with E-state index in [0.717, 1.165) is 39.1 Å². The first-order valence-corrected chi connectivity index (χ1v) is 6.20. The Morgan fingerprint density at radius 2 is 2.29 bits per heavy atom. The maximum atomic E-state index is 11.7. The molecular formula is C12H25ClN2O2. The van der Waals surface area contributed by atoms with Crippen molar-refractivity contribution in [1.29, 1.82) is 0 Å². The molecule has 1 saturated heterocycles. The van der Waals surface area contributed by atoms with Gasteiger partial charge < -0.3 is 15.0 Å². The van der Waals surface area contributed by atoms with Crippen molar-refractivity contribution >= 4 is 18.3 Å². The maximum Gasteiger partial charge on any atom is 0.222 e. The molecular weight excluding hydrogens is 240 g/mol. The van der Waals surface area contributed by atoms with Crippen molar-refractivity contribution in [2.24, 2.45) is 5.92 Å². The predicted octanol–water partition coefficient (Wildman–Crippen LogP) is 1.29. The van der Waals surface area contributed by atoms with Crippen molar-refractivity contribution in [3.63, 3.8) is 0 Å². The Morgan fingerprint density at radius 3 is 2.88 bits per heavy atom. The van der Waals surface area contributed by atoms with Gasteiger partial charge in [-0.15, -0.1) is 12.4 Å². The molecule has 1 aliphatic heterocycles. The van der Waals surface area contributed by atoms with E-state index in [2.05, 4.69) is 5.32 Å². The summed E-state index contributed by atoms with van der Waals surface area (Å²) in [5, 5.41) is 3.05. The van der Waals surface area contributed by atoms with Crippen LogP contribution in [0.3, 0.4) is 0 Å². The summed E-state index contributed by atoms with van der Waals surface area (Å²) in [5.74, 6) is 0.785. The lowest BCUT2D eigenvalue weighted by Gasteiger charge is -2.27. The quantitative estimate of drug-likeness (QED) is 0.735. The molecule has 1 atom stereocenters. The number of rotatable bonds is 6. The minimum absolute atomic E-state index is 0. The highest BCUT2D eigenvalue weighted by Gasteiger charge is 2.18. The maximum absolute atomic E-state index is 11.7. The molecule has 1 N–H and O–H groups in total. The Kier molecular flexibility index (Phi) is 9.50. The summed E-state index contributed by atoms with van der Waals surface area (Å²) in [6.07, 6.45) is 3.88. The van der Waals surface area contributed by atoms with Crippen LogP contribution in [-0.2, 0) is 9.53 Å².